The Bertz CT molecular complexity index is 709. The molecule has 0 saturated heterocycles. The molecule has 1 N–H and O–H groups in total. The molecule has 2 aromatic rings. The smallest absolute Gasteiger partial charge is 0.341 e. The number of phenolic OH excluding ortho intramolecular Hbond substituents is 1. The normalized spacial score (nSPS) is 12.1. The summed E-state index contributed by atoms with van der Waals surface area (Å²) in [6.07, 6.45) is 0. The van der Waals surface area contributed by atoms with E-state index in [1.807, 2.05) is 0 Å². The molecule has 1 heterocycles. The van der Waals surface area contributed by atoms with Gasteiger partial charge in [0.2, 0.25) is 0 Å². The van der Waals surface area contributed by atoms with E-state index >= 15 is 0 Å². The summed E-state index contributed by atoms with van der Waals surface area (Å²) in [5.74, 6) is -0.679. The van der Waals surface area contributed by atoms with Crippen LogP contribution in [0.1, 0.15) is 15.9 Å². The summed E-state index contributed by atoms with van der Waals surface area (Å²) >= 11 is 0. The Morgan fingerprint density at radius 3 is 2.85 bits per heavy atom. The van der Waals surface area contributed by atoms with Crippen LogP contribution in [-0.4, -0.2) is 18.2 Å². The van der Waals surface area contributed by atoms with Crippen molar-refractivity contribution in [2.24, 2.45) is 0 Å². The summed E-state index contributed by atoms with van der Waals surface area (Å²) in [5, 5.41) is 9.84. The van der Waals surface area contributed by atoms with Gasteiger partial charge < -0.3 is 14.6 Å². The number of methoxy groups -OCH3 is 1. The van der Waals surface area contributed by atoms with Gasteiger partial charge in [-0.25, -0.2) is 9.18 Å². The number of rotatable bonds is 1. The number of carbonyl (C=O) groups excluding carboxylic acids is 1. The second-order valence-electron chi connectivity index (χ2n) is 4.45. The van der Waals surface area contributed by atoms with E-state index in [1.165, 1.54) is 37.4 Å². The predicted octanol–water partition coefficient (Wildman–Crippen LogP) is 2.88. The van der Waals surface area contributed by atoms with Gasteiger partial charge >= 0.3 is 5.97 Å². The zero-order chi connectivity index (χ0) is 14.3. The van der Waals surface area contributed by atoms with Crippen LogP contribution in [0.2, 0.25) is 0 Å². The van der Waals surface area contributed by atoms with Crippen molar-refractivity contribution < 1.29 is 23.8 Å². The van der Waals surface area contributed by atoms with Crippen LogP contribution >= 0.6 is 0 Å². The van der Waals surface area contributed by atoms with E-state index in [9.17, 15) is 14.3 Å². The first-order valence-corrected chi connectivity index (χ1v) is 5.97. The maximum atomic E-state index is 13.4. The fraction of sp³-hybridized carbons (Fsp3) is 0.133. The van der Waals surface area contributed by atoms with Crippen LogP contribution in [0.25, 0.3) is 11.1 Å². The van der Waals surface area contributed by atoms with Crippen LogP contribution in [0.15, 0.2) is 30.3 Å². The van der Waals surface area contributed by atoms with E-state index in [0.717, 1.165) is 0 Å². The number of fused-ring (bicyclic) bond motifs is 3. The maximum absolute atomic E-state index is 13.4. The van der Waals surface area contributed by atoms with E-state index in [2.05, 4.69) is 4.74 Å². The SMILES string of the molecule is COC(=O)c1cc2c(cc1O)COc1ccc(F)cc1-2. The molecule has 0 radical (unpaired) electrons. The van der Waals surface area contributed by atoms with E-state index in [4.69, 9.17) is 4.74 Å². The first-order chi connectivity index (χ1) is 9.60. The summed E-state index contributed by atoms with van der Waals surface area (Å²) in [7, 11) is 1.23. The van der Waals surface area contributed by atoms with Crippen molar-refractivity contribution >= 4 is 5.97 Å². The highest BCUT2D eigenvalue weighted by molar-refractivity contribution is 5.95. The molecule has 0 aliphatic carbocycles. The number of carbonyl (C=O) groups is 1. The lowest BCUT2D eigenvalue weighted by Gasteiger charge is -2.21. The van der Waals surface area contributed by atoms with Crippen molar-refractivity contribution in [3.05, 3.63) is 47.3 Å². The van der Waals surface area contributed by atoms with Gasteiger partial charge in [0.25, 0.3) is 0 Å². The molecule has 5 heteroatoms. The number of esters is 1. The second-order valence-corrected chi connectivity index (χ2v) is 4.45. The van der Waals surface area contributed by atoms with Crippen LogP contribution in [0.4, 0.5) is 4.39 Å². The molecule has 0 spiro atoms. The number of phenols is 1. The molecular weight excluding hydrogens is 263 g/mol. The van der Waals surface area contributed by atoms with E-state index in [1.54, 1.807) is 0 Å². The molecule has 0 aromatic heterocycles. The predicted molar refractivity (Wildman–Crippen MR) is 69.2 cm³/mol. The second kappa shape index (κ2) is 4.52. The van der Waals surface area contributed by atoms with Crippen LogP contribution in [0.5, 0.6) is 11.5 Å². The number of benzene rings is 2. The number of aromatic hydroxyl groups is 1. The fourth-order valence-electron chi connectivity index (χ4n) is 2.27. The third-order valence-corrected chi connectivity index (χ3v) is 3.24. The van der Waals surface area contributed by atoms with Crippen molar-refractivity contribution in [1.29, 1.82) is 0 Å². The van der Waals surface area contributed by atoms with Crippen LogP contribution in [0.3, 0.4) is 0 Å². The van der Waals surface area contributed by atoms with Crippen LogP contribution in [-0.2, 0) is 11.3 Å². The standard InChI is InChI=1S/C15H11FO4/c1-19-15(18)12-6-10-8(4-13(12)17)7-20-14-3-2-9(16)5-11(10)14/h2-6,17H,7H2,1H3. The minimum absolute atomic E-state index is 0.0448. The average Bonchev–Trinajstić information content (AvgIpc) is 2.45. The topological polar surface area (TPSA) is 55.8 Å². The Labute approximate surface area is 114 Å². The summed E-state index contributed by atoms with van der Waals surface area (Å²) in [4.78, 5) is 11.6. The summed E-state index contributed by atoms with van der Waals surface area (Å²) < 4.78 is 23.5. The quantitative estimate of drug-likeness (QED) is 0.812. The van der Waals surface area contributed by atoms with Crippen molar-refractivity contribution in [2.75, 3.05) is 7.11 Å². The summed E-state index contributed by atoms with van der Waals surface area (Å²) in [6, 6.07) is 7.13. The highest BCUT2D eigenvalue weighted by atomic mass is 19.1. The Balaban J connectivity index is 2.23. The zero-order valence-electron chi connectivity index (χ0n) is 10.6. The lowest BCUT2D eigenvalue weighted by atomic mass is 9.94. The molecule has 0 fully saturated rings. The number of halogens is 1. The molecule has 102 valence electrons. The molecule has 0 bridgehead atoms. The van der Waals surface area contributed by atoms with Crippen LogP contribution in [0, 0.1) is 5.82 Å². The van der Waals surface area contributed by atoms with Crippen molar-refractivity contribution in [3.63, 3.8) is 0 Å². The third kappa shape index (κ3) is 1.87. The Morgan fingerprint density at radius 1 is 1.30 bits per heavy atom. The number of hydrogen-bond donors (Lipinski definition) is 1. The van der Waals surface area contributed by atoms with Gasteiger partial charge in [-0.1, -0.05) is 0 Å². The van der Waals surface area contributed by atoms with Crippen molar-refractivity contribution in [1.82, 2.24) is 0 Å². The van der Waals surface area contributed by atoms with Gasteiger partial charge in [0.15, 0.2) is 0 Å². The minimum Gasteiger partial charge on any atom is -0.507 e. The molecule has 0 unspecified atom stereocenters. The summed E-state index contributed by atoms with van der Waals surface area (Å²) in [5.41, 5.74) is 1.94. The van der Waals surface area contributed by atoms with Gasteiger partial charge in [-0.2, -0.15) is 0 Å². The third-order valence-electron chi connectivity index (χ3n) is 3.24. The number of ether oxygens (including phenoxy) is 2. The minimum atomic E-state index is -0.644. The van der Waals surface area contributed by atoms with Gasteiger partial charge in [-0.15, -0.1) is 0 Å². The maximum Gasteiger partial charge on any atom is 0.341 e. The monoisotopic (exact) mass is 274 g/mol. The van der Waals surface area contributed by atoms with E-state index in [0.29, 0.717) is 22.4 Å². The fourth-order valence-corrected chi connectivity index (χ4v) is 2.27. The van der Waals surface area contributed by atoms with Gasteiger partial charge in [-0.05, 0) is 35.9 Å². The van der Waals surface area contributed by atoms with Crippen molar-refractivity contribution in [3.8, 4) is 22.6 Å². The number of hydrogen-bond acceptors (Lipinski definition) is 4. The van der Waals surface area contributed by atoms with E-state index < -0.39 is 11.8 Å². The molecule has 0 saturated carbocycles. The molecule has 0 amide bonds. The van der Waals surface area contributed by atoms with Gasteiger partial charge in [0, 0.05) is 11.1 Å². The van der Waals surface area contributed by atoms with Crippen LogP contribution < -0.4 is 4.74 Å². The lowest BCUT2D eigenvalue weighted by Crippen LogP contribution is -2.09. The summed E-state index contributed by atoms with van der Waals surface area (Å²) in [6.45, 7) is 0.253. The van der Waals surface area contributed by atoms with Gasteiger partial charge in [-0.3, -0.25) is 0 Å². The highest BCUT2D eigenvalue weighted by Gasteiger charge is 2.22. The molecule has 1 aliphatic rings. The Kier molecular flexibility index (Phi) is 2.82. The van der Waals surface area contributed by atoms with Gasteiger partial charge in [0.05, 0.1) is 7.11 Å². The molecule has 0 atom stereocenters. The molecule has 3 rings (SSSR count). The highest BCUT2D eigenvalue weighted by Crippen LogP contribution is 2.40. The van der Waals surface area contributed by atoms with Gasteiger partial charge in [0.1, 0.15) is 29.5 Å². The molecule has 2 aromatic carbocycles. The largest absolute Gasteiger partial charge is 0.507 e. The molecule has 1 aliphatic heterocycles. The lowest BCUT2D eigenvalue weighted by molar-refractivity contribution is 0.0597. The van der Waals surface area contributed by atoms with E-state index in [-0.39, 0.29) is 17.9 Å². The first kappa shape index (κ1) is 12.5. The Hall–Kier alpha value is -2.56. The first-order valence-electron chi connectivity index (χ1n) is 5.97. The molecular formula is C15H11FO4. The Morgan fingerprint density at radius 2 is 2.10 bits per heavy atom. The molecule has 4 nitrogen and oxygen atoms in total. The van der Waals surface area contributed by atoms with Crippen molar-refractivity contribution in [2.45, 2.75) is 6.61 Å². The average molecular weight is 274 g/mol. The zero-order valence-corrected chi connectivity index (χ0v) is 10.6. The molecule has 20 heavy (non-hydrogen) atoms.